The summed E-state index contributed by atoms with van der Waals surface area (Å²) in [6.07, 6.45) is 3.00. The lowest BCUT2D eigenvalue weighted by molar-refractivity contribution is -0.128. The molecule has 1 fully saturated rings. The minimum Gasteiger partial charge on any atom is -0.349 e. The number of piperazine rings is 1. The van der Waals surface area contributed by atoms with Crippen molar-refractivity contribution in [2.75, 3.05) is 18.0 Å². The van der Waals surface area contributed by atoms with E-state index >= 15 is 4.39 Å². The fraction of sp³-hybridized carbons (Fsp3) is 0.323. The summed E-state index contributed by atoms with van der Waals surface area (Å²) in [6.45, 7) is 14.2. The molecule has 1 amide bonds. The van der Waals surface area contributed by atoms with Crippen LogP contribution in [-0.2, 0) is 4.79 Å². The summed E-state index contributed by atoms with van der Waals surface area (Å²) in [5, 5.41) is 0.994. The molecular weight excluding hydrogens is 578 g/mol. The molecule has 1 aromatic carbocycles. The fourth-order valence-electron chi connectivity index (χ4n) is 5.52. The maximum absolute atomic E-state index is 15.1. The molecule has 42 heavy (non-hydrogen) atoms. The van der Waals surface area contributed by atoms with Crippen molar-refractivity contribution < 1.29 is 9.18 Å². The molecule has 8 nitrogen and oxygen atoms in total. The lowest BCUT2D eigenvalue weighted by Gasteiger charge is -2.44. The molecule has 0 radical (unpaired) electrons. The molecule has 0 saturated carbocycles. The Morgan fingerprint density at radius 2 is 1.86 bits per heavy atom. The van der Waals surface area contributed by atoms with Gasteiger partial charge in [-0.25, -0.2) is 18.7 Å². The van der Waals surface area contributed by atoms with Crippen LogP contribution in [0.1, 0.15) is 44.9 Å². The van der Waals surface area contributed by atoms with Gasteiger partial charge in [-0.1, -0.05) is 43.6 Å². The first-order valence-electron chi connectivity index (χ1n) is 13.7. The highest BCUT2D eigenvalue weighted by Gasteiger charge is 2.34. The first-order chi connectivity index (χ1) is 19.9. The molecule has 1 aliphatic rings. The molecule has 1 aliphatic heterocycles. The topological polar surface area (TPSA) is 84.2 Å². The second kappa shape index (κ2) is 11.5. The van der Waals surface area contributed by atoms with Crippen molar-refractivity contribution in [1.82, 2.24) is 24.4 Å². The lowest BCUT2D eigenvalue weighted by Crippen LogP contribution is -2.58. The van der Waals surface area contributed by atoms with Gasteiger partial charge in [0.05, 0.1) is 27.5 Å². The van der Waals surface area contributed by atoms with Gasteiger partial charge in [0.2, 0.25) is 5.91 Å². The van der Waals surface area contributed by atoms with Gasteiger partial charge < -0.3 is 9.80 Å². The van der Waals surface area contributed by atoms with E-state index in [0.717, 1.165) is 5.56 Å². The van der Waals surface area contributed by atoms with Gasteiger partial charge in [0.1, 0.15) is 11.6 Å². The van der Waals surface area contributed by atoms with E-state index in [-0.39, 0.29) is 45.8 Å². The van der Waals surface area contributed by atoms with Crippen LogP contribution in [0.2, 0.25) is 10.0 Å². The SMILES string of the molecule is C=CC(=O)N1CC(C)N(c2nc(=O)n(-c3c(C)ccnc3C(C)C)c3nc(-c4cc(Cl)ccc4F)c(Cl)cc23)CC1C. The Labute approximate surface area is 253 Å². The number of hydrogen-bond donors (Lipinski definition) is 0. The van der Waals surface area contributed by atoms with Crippen LogP contribution in [0.3, 0.4) is 0 Å². The summed E-state index contributed by atoms with van der Waals surface area (Å²) in [5.41, 5.74) is 2.01. The number of amides is 1. The Morgan fingerprint density at radius 1 is 1.12 bits per heavy atom. The molecule has 0 N–H and O–H groups in total. The normalized spacial score (nSPS) is 17.3. The zero-order chi connectivity index (χ0) is 30.5. The number of aryl methyl sites for hydroxylation is 1. The second-order valence-corrected chi connectivity index (χ2v) is 11.8. The van der Waals surface area contributed by atoms with Crippen LogP contribution in [0.15, 0.2) is 54.0 Å². The predicted octanol–water partition coefficient (Wildman–Crippen LogP) is 6.33. The van der Waals surface area contributed by atoms with Crippen LogP contribution in [0.25, 0.3) is 28.0 Å². The zero-order valence-electron chi connectivity index (χ0n) is 24.0. The molecule has 2 atom stereocenters. The summed E-state index contributed by atoms with van der Waals surface area (Å²) >= 11 is 13.0. The summed E-state index contributed by atoms with van der Waals surface area (Å²) in [6, 6.07) is 7.27. The third kappa shape index (κ3) is 5.16. The van der Waals surface area contributed by atoms with Gasteiger partial charge in [-0.3, -0.25) is 9.78 Å². The minimum absolute atomic E-state index is 0.0185. The first kappa shape index (κ1) is 29.7. The van der Waals surface area contributed by atoms with Crippen molar-refractivity contribution >= 4 is 46.0 Å². The number of carbonyl (C=O) groups excluding carboxylic acids is 1. The number of pyridine rings is 2. The van der Waals surface area contributed by atoms with E-state index in [1.165, 1.54) is 28.8 Å². The minimum atomic E-state index is -0.563. The molecule has 5 rings (SSSR count). The largest absolute Gasteiger partial charge is 0.355 e. The molecule has 0 bridgehead atoms. The Hall–Kier alpha value is -3.82. The molecular formula is C31H31Cl2FN6O2. The number of fused-ring (bicyclic) bond motifs is 1. The Morgan fingerprint density at radius 3 is 2.55 bits per heavy atom. The fourth-order valence-corrected chi connectivity index (χ4v) is 5.95. The van der Waals surface area contributed by atoms with E-state index in [1.807, 2.05) is 45.6 Å². The Balaban J connectivity index is 1.84. The summed E-state index contributed by atoms with van der Waals surface area (Å²) < 4.78 is 16.5. The van der Waals surface area contributed by atoms with Gasteiger partial charge in [-0.15, -0.1) is 0 Å². The van der Waals surface area contributed by atoms with Crippen molar-refractivity contribution in [2.45, 2.75) is 52.6 Å². The van der Waals surface area contributed by atoms with Gasteiger partial charge in [0.15, 0.2) is 5.65 Å². The van der Waals surface area contributed by atoms with Crippen molar-refractivity contribution in [3.63, 3.8) is 0 Å². The first-order valence-corrected chi connectivity index (χ1v) is 14.4. The highest BCUT2D eigenvalue weighted by Crippen LogP contribution is 2.37. The smallest absolute Gasteiger partial charge is 0.349 e. The molecule has 1 saturated heterocycles. The number of benzene rings is 1. The third-order valence-corrected chi connectivity index (χ3v) is 8.15. The van der Waals surface area contributed by atoms with Crippen molar-refractivity contribution in [1.29, 1.82) is 0 Å². The second-order valence-electron chi connectivity index (χ2n) is 10.9. The Bertz CT molecular complexity index is 1790. The van der Waals surface area contributed by atoms with Crippen LogP contribution in [-0.4, -0.2) is 55.5 Å². The number of hydrogen-bond acceptors (Lipinski definition) is 6. The van der Waals surface area contributed by atoms with Crippen molar-refractivity contribution in [3.05, 3.63) is 86.8 Å². The summed E-state index contributed by atoms with van der Waals surface area (Å²) in [5.74, 6) is -0.345. The molecule has 4 aromatic rings. The van der Waals surface area contributed by atoms with Gasteiger partial charge in [0.25, 0.3) is 0 Å². The van der Waals surface area contributed by atoms with Gasteiger partial charge in [0, 0.05) is 42.0 Å². The summed E-state index contributed by atoms with van der Waals surface area (Å²) in [7, 11) is 0. The average molecular weight is 610 g/mol. The quantitative estimate of drug-likeness (QED) is 0.246. The molecule has 3 aromatic heterocycles. The van der Waals surface area contributed by atoms with E-state index in [4.69, 9.17) is 28.2 Å². The number of rotatable bonds is 5. The van der Waals surface area contributed by atoms with Crippen LogP contribution in [0.5, 0.6) is 0 Å². The van der Waals surface area contributed by atoms with E-state index in [2.05, 4.69) is 16.5 Å². The van der Waals surface area contributed by atoms with Crippen LogP contribution >= 0.6 is 23.2 Å². The monoisotopic (exact) mass is 608 g/mol. The zero-order valence-corrected chi connectivity index (χ0v) is 25.5. The van der Waals surface area contributed by atoms with Crippen molar-refractivity contribution in [2.24, 2.45) is 0 Å². The number of carbonyl (C=O) groups is 1. The van der Waals surface area contributed by atoms with E-state index in [9.17, 15) is 9.59 Å². The van der Waals surface area contributed by atoms with Gasteiger partial charge in [-0.2, -0.15) is 4.98 Å². The third-order valence-electron chi connectivity index (χ3n) is 7.63. The lowest BCUT2D eigenvalue weighted by atomic mass is 10.0. The van der Waals surface area contributed by atoms with E-state index < -0.39 is 11.5 Å². The van der Waals surface area contributed by atoms with E-state index in [1.54, 1.807) is 17.2 Å². The van der Waals surface area contributed by atoms with Crippen LogP contribution < -0.4 is 10.6 Å². The Kier molecular flexibility index (Phi) is 8.09. The molecule has 2 unspecified atom stereocenters. The number of halogens is 3. The molecule has 4 heterocycles. The van der Waals surface area contributed by atoms with Crippen molar-refractivity contribution in [3.8, 4) is 16.9 Å². The van der Waals surface area contributed by atoms with Gasteiger partial charge in [-0.05, 0) is 68.7 Å². The van der Waals surface area contributed by atoms with Gasteiger partial charge >= 0.3 is 5.69 Å². The summed E-state index contributed by atoms with van der Waals surface area (Å²) in [4.78, 5) is 44.2. The number of aromatic nitrogens is 4. The van der Waals surface area contributed by atoms with Crippen LogP contribution in [0, 0.1) is 12.7 Å². The molecule has 11 heteroatoms. The average Bonchev–Trinajstić information content (AvgIpc) is 2.95. The predicted molar refractivity (Wildman–Crippen MR) is 165 cm³/mol. The highest BCUT2D eigenvalue weighted by molar-refractivity contribution is 6.34. The number of anilines is 1. The molecule has 0 aliphatic carbocycles. The maximum atomic E-state index is 15.1. The number of nitrogens with zero attached hydrogens (tertiary/aromatic N) is 6. The maximum Gasteiger partial charge on any atom is 0.355 e. The molecule has 218 valence electrons. The highest BCUT2D eigenvalue weighted by atomic mass is 35.5. The van der Waals surface area contributed by atoms with E-state index in [0.29, 0.717) is 40.7 Å². The van der Waals surface area contributed by atoms with Crippen LogP contribution in [0.4, 0.5) is 10.2 Å². The molecule has 0 spiro atoms. The standard InChI is InChI=1S/C31H31Cl2FN6O2/c1-7-25(41)38-14-19(6)39(15-18(38)5)29-22-13-23(33)27(21-12-20(32)8-9-24(21)34)36-30(22)40(31(42)37-29)28-17(4)10-11-35-26(28)16(2)3/h7-13,16,18-19H,1,14-15H2,2-6H3.